The normalized spacial score (nSPS) is 16.7. The minimum absolute atomic E-state index is 0.256. The van der Waals surface area contributed by atoms with Crippen LogP contribution in [0.1, 0.15) is 5.56 Å². The molecular weight excluding hydrogens is 266 g/mol. The molecule has 1 aliphatic rings. The Morgan fingerprint density at radius 3 is 2.48 bits per heavy atom. The largest absolute Gasteiger partial charge is 0.453 e. The molecule has 5 nitrogen and oxygen atoms in total. The lowest BCUT2D eigenvalue weighted by atomic mass is 10.2. The molecule has 1 aliphatic heterocycles. The lowest BCUT2D eigenvalue weighted by Gasteiger charge is -2.33. The topological polar surface area (TPSA) is 36.0 Å². The first-order valence-corrected chi connectivity index (χ1v) is 7.47. The van der Waals surface area contributed by atoms with Gasteiger partial charge in [0.1, 0.15) is 0 Å². The van der Waals surface area contributed by atoms with Crippen molar-refractivity contribution < 1.29 is 9.53 Å². The van der Waals surface area contributed by atoms with Gasteiger partial charge in [-0.15, -0.1) is 0 Å². The molecular formula is C16H25N3O2. The zero-order valence-electron chi connectivity index (χ0n) is 13.0. The number of hydrogen-bond acceptors (Lipinski definition) is 4. The highest BCUT2D eigenvalue weighted by Crippen LogP contribution is 2.07. The fourth-order valence-electron chi connectivity index (χ4n) is 2.50. The van der Waals surface area contributed by atoms with Crippen molar-refractivity contribution in [2.45, 2.75) is 6.54 Å². The Morgan fingerprint density at radius 2 is 1.86 bits per heavy atom. The molecule has 0 spiro atoms. The van der Waals surface area contributed by atoms with E-state index in [4.69, 9.17) is 4.74 Å². The molecule has 1 saturated heterocycles. The van der Waals surface area contributed by atoms with E-state index < -0.39 is 0 Å². The Bertz CT molecular complexity index is 430. The summed E-state index contributed by atoms with van der Waals surface area (Å²) in [6.45, 7) is 6.52. The highest BCUT2D eigenvalue weighted by molar-refractivity contribution is 5.67. The van der Waals surface area contributed by atoms with Crippen LogP contribution in [0.25, 0.3) is 0 Å². The fraction of sp³-hybridized carbons (Fsp3) is 0.562. The summed E-state index contributed by atoms with van der Waals surface area (Å²) in [5, 5.41) is 0. The number of carbonyl (C=O) groups is 1. The predicted octanol–water partition coefficient (Wildman–Crippen LogP) is 1.50. The van der Waals surface area contributed by atoms with E-state index in [-0.39, 0.29) is 6.09 Å². The van der Waals surface area contributed by atoms with Crippen LogP contribution in [0.3, 0.4) is 0 Å². The molecule has 0 saturated carbocycles. The van der Waals surface area contributed by atoms with Gasteiger partial charge in [0, 0.05) is 45.8 Å². The van der Waals surface area contributed by atoms with Crippen molar-refractivity contribution >= 4 is 6.09 Å². The van der Waals surface area contributed by atoms with E-state index in [0.717, 1.165) is 38.3 Å². The monoisotopic (exact) mass is 291 g/mol. The van der Waals surface area contributed by atoms with E-state index in [1.54, 1.807) is 4.90 Å². The van der Waals surface area contributed by atoms with E-state index in [0.29, 0.717) is 13.1 Å². The summed E-state index contributed by atoms with van der Waals surface area (Å²) in [6, 6.07) is 10.0. The number of hydrogen-bond donors (Lipinski definition) is 0. The Hall–Kier alpha value is -1.59. The van der Waals surface area contributed by atoms with Crippen LogP contribution in [0, 0.1) is 0 Å². The van der Waals surface area contributed by atoms with Crippen molar-refractivity contribution in [2.24, 2.45) is 0 Å². The summed E-state index contributed by atoms with van der Waals surface area (Å²) in [7, 11) is 3.59. The van der Waals surface area contributed by atoms with E-state index in [2.05, 4.69) is 16.8 Å². The Balaban J connectivity index is 1.86. The molecule has 1 heterocycles. The molecule has 0 atom stereocenters. The standard InChI is InChI=1S/C16H25N3O2/c1-17-8-10-18(11-9-17)12-13-19(16(20)21-2)14-15-6-4-3-5-7-15/h3-7H,8-14H2,1-2H3. The molecule has 1 fully saturated rings. The number of nitrogens with zero attached hydrogens (tertiary/aromatic N) is 3. The van der Waals surface area contributed by atoms with Gasteiger partial charge in [0.05, 0.1) is 7.11 Å². The lowest BCUT2D eigenvalue weighted by molar-refractivity contribution is 0.103. The van der Waals surface area contributed by atoms with Gasteiger partial charge in [-0.25, -0.2) is 4.79 Å². The molecule has 0 aromatic heterocycles. The van der Waals surface area contributed by atoms with Gasteiger partial charge in [-0.05, 0) is 12.6 Å². The molecule has 2 rings (SSSR count). The second-order valence-electron chi connectivity index (χ2n) is 5.52. The summed E-state index contributed by atoms with van der Waals surface area (Å²) in [6.07, 6.45) is -0.256. The molecule has 1 aromatic carbocycles. The highest BCUT2D eigenvalue weighted by Gasteiger charge is 2.18. The van der Waals surface area contributed by atoms with E-state index in [1.807, 2.05) is 30.3 Å². The highest BCUT2D eigenvalue weighted by atomic mass is 16.5. The molecule has 5 heteroatoms. The summed E-state index contributed by atoms with van der Waals surface area (Å²) in [4.78, 5) is 18.4. The summed E-state index contributed by atoms with van der Waals surface area (Å²) in [5.41, 5.74) is 1.13. The van der Waals surface area contributed by atoms with Gasteiger partial charge < -0.3 is 14.5 Å². The number of methoxy groups -OCH3 is 1. The summed E-state index contributed by atoms with van der Waals surface area (Å²) in [5.74, 6) is 0. The van der Waals surface area contributed by atoms with Crippen LogP contribution in [0.15, 0.2) is 30.3 Å². The van der Waals surface area contributed by atoms with Crippen molar-refractivity contribution in [2.75, 3.05) is 53.4 Å². The smallest absolute Gasteiger partial charge is 0.409 e. The molecule has 0 unspecified atom stereocenters. The molecule has 0 radical (unpaired) electrons. The first-order valence-electron chi connectivity index (χ1n) is 7.47. The number of benzene rings is 1. The van der Waals surface area contributed by atoms with Crippen molar-refractivity contribution in [3.05, 3.63) is 35.9 Å². The third-order valence-corrected chi connectivity index (χ3v) is 3.93. The number of amides is 1. The number of ether oxygens (including phenoxy) is 1. The predicted molar refractivity (Wildman–Crippen MR) is 83.2 cm³/mol. The van der Waals surface area contributed by atoms with Crippen LogP contribution in [0.5, 0.6) is 0 Å². The maximum absolute atomic E-state index is 11.9. The number of piperazine rings is 1. The number of likely N-dealkylation sites (N-methyl/N-ethyl adjacent to an activating group) is 1. The van der Waals surface area contributed by atoms with E-state index >= 15 is 0 Å². The van der Waals surface area contributed by atoms with Gasteiger partial charge in [-0.1, -0.05) is 30.3 Å². The number of carbonyl (C=O) groups excluding carboxylic acids is 1. The SMILES string of the molecule is COC(=O)N(CCN1CCN(C)CC1)Cc1ccccc1. The molecule has 21 heavy (non-hydrogen) atoms. The second-order valence-corrected chi connectivity index (χ2v) is 5.52. The van der Waals surface area contributed by atoms with Crippen LogP contribution >= 0.6 is 0 Å². The third-order valence-electron chi connectivity index (χ3n) is 3.93. The first kappa shape index (κ1) is 15.8. The Labute approximate surface area is 127 Å². The zero-order valence-corrected chi connectivity index (χ0v) is 13.0. The molecule has 1 amide bonds. The van der Waals surface area contributed by atoms with Gasteiger partial charge >= 0.3 is 6.09 Å². The number of rotatable bonds is 5. The van der Waals surface area contributed by atoms with Gasteiger partial charge in [-0.2, -0.15) is 0 Å². The second kappa shape index (κ2) is 8.00. The fourth-order valence-corrected chi connectivity index (χ4v) is 2.50. The van der Waals surface area contributed by atoms with Crippen LogP contribution < -0.4 is 0 Å². The lowest BCUT2D eigenvalue weighted by Crippen LogP contribution is -2.47. The van der Waals surface area contributed by atoms with Gasteiger partial charge in [0.25, 0.3) is 0 Å². The minimum atomic E-state index is -0.256. The molecule has 1 aromatic rings. The maximum atomic E-state index is 11.9. The van der Waals surface area contributed by atoms with E-state index in [9.17, 15) is 4.79 Å². The summed E-state index contributed by atoms with van der Waals surface area (Å²) < 4.78 is 4.90. The van der Waals surface area contributed by atoms with Crippen LogP contribution in [-0.2, 0) is 11.3 Å². The van der Waals surface area contributed by atoms with Gasteiger partial charge in [0.15, 0.2) is 0 Å². The Kier molecular flexibility index (Phi) is 6.02. The third kappa shape index (κ3) is 5.02. The van der Waals surface area contributed by atoms with Crippen LogP contribution in [0.4, 0.5) is 4.79 Å². The average Bonchev–Trinajstić information content (AvgIpc) is 2.53. The summed E-state index contributed by atoms with van der Waals surface area (Å²) >= 11 is 0. The van der Waals surface area contributed by atoms with Crippen molar-refractivity contribution in [1.82, 2.24) is 14.7 Å². The van der Waals surface area contributed by atoms with Crippen LogP contribution in [0.2, 0.25) is 0 Å². The molecule has 0 N–H and O–H groups in total. The van der Waals surface area contributed by atoms with Gasteiger partial charge in [0.2, 0.25) is 0 Å². The zero-order chi connectivity index (χ0) is 15.1. The van der Waals surface area contributed by atoms with Crippen molar-refractivity contribution in [1.29, 1.82) is 0 Å². The minimum Gasteiger partial charge on any atom is -0.453 e. The Morgan fingerprint density at radius 1 is 1.19 bits per heavy atom. The van der Waals surface area contributed by atoms with Crippen molar-refractivity contribution in [3.63, 3.8) is 0 Å². The quantitative estimate of drug-likeness (QED) is 0.824. The van der Waals surface area contributed by atoms with Crippen LogP contribution in [-0.4, -0.2) is 74.2 Å². The van der Waals surface area contributed by atoms with E-state index in [1.165, 1.54) is 7.11 Å². The van der Waals surface area contributed by atoms with Gasteiger partial charge in [-0.3, -0.25) is 4.90 Å². The molecule has 116 valence electrons. The maximum Gasteiger partial charge on any atom is 0.409 e. The van der Waals surface area contributed by atoms with Crippen molar-refractivity contribution in [3.8, 4) is 0 Å². The molecule has 0 bridgehead atoms. The molecule has 0 aliphatic carbocycles. The first-order chi connectivity index (χ1) is 10.2. The average molecular weight is 291 g/mol.